The van der Waals surface area contributed by atoms with Gasteiger partial charge < -0.3 is 10.1 Å². The lowest BCUT2D eigenvalue weighted by atomic mass is 10.4. The Bertz CT molecular complexity index is 492. The molecule has 1 aromatic heterocycles. The van der Waals surface area contributed by atoms with Gasteiger partial charge in [-0.05, 0) is 4.92 Å². The van der Waals surface area contributed by atoms with Crippen LogP contribution in [0.2, 0.25) is 0 Å². The molecule has 0 radical (unpaired) electrons. The predicted molar refractivity (Wildman–Crippen MR) is 54.7 cm³/mol. The fourth-order valence-corrected chi connectivity index (χ4v) is 1.78. The summed E-state index contributed by atoms with van der Waals surface area (Å²) in [6, 6.07) is 0. The van der Waals surface area contributed by atoms with Crippen molar-refractivity contribution in [2.75, 3.05) is 5.75 Å². The van der Waals surface area contributed by atoms with Gasteiger partial charge in [0.15, 0.2) is 5.82 Å². The molecule has 0 atom stereocenters. The second-order valence-electron chi connectivity index (χ2n) is 3.21. The molecule has 0 saturated heterocycles. The third-order valence-electron chi connectivity index (χ3n) is 2.01. The zero-order valence-corrected chi connectivity index (χ0v) is 9.35. The topological polar surface area (TPSA) is 115 Å². The van der Waals surface area contributed by atoms with Crippen LogP contribution in [0.3, 0.4) is 0 Å². The van der Waals surface area contributed by atoms with E-state index in [1.807, 2.05) is 0 Å². The lowest BCUT2D eigenvalue weighted by molar-refractivity contribution is -0.392. The Morgan fingerprint density at radius 2 is 2.25 bits per heavy atom. The molecule has 16 heavy (non-hydrogen) atoms. The van der Waals surface area contributed by atoms with Crippen LogP contribution in [0.4, 0.5) is 5.82 Å². The summed E-state index contributed by atoms with van der Waals surface area (Å²) in [6.07, 6.45) is 1.21. The fourth-order valence-electron chi connectivity index (χ4n) is 1.28. The molecule has 90 valence electrons. The van der Waals surface area contributed by atoms with Crippen molar-refractivity contribution < 1.29 is 17.9 Å². The van der Waals surface area contributed by atoms with Crippen LogP contribution in [0, 0.1) is 17.0 Å². The van der Waals surface area contributed by atoms with Crippen LogP contribution in [-0.4, -0.2) is 33.2 Å². The van der Waals surface area contributed by atoms with E-state index >= 15 is 0 Å². The number of rotatable bonds is 5. The number of hydrogen-bond donors (Lipinski definition) is 1. The molecule has 8 nitrogen and oxygen atoms in total. The molecule has 0 saturated carbocycles. The summed E-state index contributed by atoms with van der Waals surface area (Å²) in [5.74, 6) is -0.184. The molecule has 0 bridgehead atoms. The van der Waals surface area contributed by atoms with Crippen molar-refractivity contribution >= 4 is 15.9 Å². The maximum absolute atomic E-state index is 10.6. The molecule has 0 amide bonds. The standard InChI is InChI=1S/C7H11N3O5S/c1-6-8-5-7(10(11)12)9(6)3-2-4-16(13,14)15/h5H,2-4H2,1H3,(H,13,14,15). The highest BCUT2D eigenvalue weighted by Gasteiger charge is 2.17. The van der Waals surface area contributed by atoms with Gasteiger partial charge in [-0.25, -0.2) is 9.55 Å². The van der Waals surface area contributed by atoms with E-state index in [4.69, 9.17) is 4.55 Å². The van der Waals surface area contributed by atoms with Crippen LogP contribution in [0.15, 0.2) is 6.20 Å². The van der Waals surface area contributed by atoms with Crippen LogP contribution in [0.1, 0.15) is 12.2 Å². The second-order valence-corrected chi connectivity index (χ2v) is 4.78. The van der Waals surface area contributed by atoms with Gasteiger partial charge in [0.1, 0.15) is 6.20 Å². The average molecular weight is 249 g/mol. The Kier molecular flexibility index (Phi) is 3.60. The van der Waals surface area contributed by atoms with E-state index < -0.39 is 20.8 Å². The fraction of sp³-hybridized carbons (Fsp3) is 0.571. The van der Waals surface area contributed by atoms with E-state index in [-0.39, 0.29) is 18.8 Å². The van der Waals surface area contributed by atoms with E-state index in [9.17, 15) is 18.5 Å². The quantitative estimate of drug-likeness (QED) is 0.458. The SMILES string of the molecule is Cc1ncc([N+](=O)[O-])n1CCCS(=O)(=O)O. The Morgan fingerprint density at radius 1 is 1.62 bits per heavy atom. The molecule has 0 unspecified atom stereocenters. The Morgan fingerprint density at radius 3 is 2.75 bits per heavy atom. The van der Waals surface area contributed by atoms with Gasteiger partial charge >= 0.3 is 5.82 Å². The minimum Gasteiger partial charge on any atom is -0.358 e. The van der Waals surface area contributed by atoms with Gasteiger partial charge in [0, 0.05) is 13.3 Å². The van der Waals surface area contributed by atoms with E-state index in [1.54, 1.807) is 6.92 Å². The Hall–Kier alpha value is -1.48. The highest BCUT2D eigenvalue weighted by molar-refractivity contribution is 7.85. The molecule has 0 aromatic carbocycles. The van der Waals surface area contributed by atoms with Gasteiger partial charge in [0.05, 0.1) is 12.3 Å². The normalized spacial score (nSPS) is 11.6. The summed E-state index contributed by atoms with van der Waals surface area (Å²) in [7, 11) is -4.03. The van der Waals surface area contributed by atoms with Crippen LogP contribution in [0.25, 0.3) is 0 Å². The summed E-state index contributed by atoms with van der Waals surface area (Å²) in [4.78, 5) is 13.7. The zero-order chi connectivity index (χ0) is 12.3. The van der Waals surface area contributed by atoms with Crippen molar-refractivity contribution in [2.24, 2.45) is 0 Å². The first-order chi connectivity index (χ1) is 7.31. The zero-order valence-electron chi connectivity index (χ0n) is 8.53. The minimum atomic E-state index is -4.03. The number of nitro groups is 1. The molecular formula is C7H11N3O5S. The molecule has 0 spiro atoms. The molecule has 1 rings (SSSR count). The van der Waals surface area contributed by atoms with E-state index in [0.717, 1.165) is 6.20 Å². The summed E-state index contributed by atoms with van der Waals surface area (Å²) in [5, 5.41) is 10.6. The Balaban J connectivity index is 2.73. The predicted octanol–water partition coefficient (Wildman–Crippen LogP) is 0.378. The summed E-state index contributed by atoms with van der Waals surface area (Å²) >= 11 is 0. The highest BCUT2D eigenvalue weighted by atomic mass is 32.2. The third kappa shape index (κ3) is 3.28. The largest absolute Gasteiger partial charge is 0.358 e. The Labute approximate surface area is 91.8 Å². The smallest absolute Gasteiger partial charge is 0.342 e. The number of aromatic nitrogens is 2. The highest BCUT2D eigenvalue weighted by Crippen LogP contribution is 2.14. The van der Waals surface area contributed by atoms with Crippen LogP contribution in [0.5, 0.6) is 0 Å². The monoisotopic (exact) mass is 249 g/mol. The molecular weight excluding hydrogens is 238 g/mol. The summed E-state index contributed by atoms with van der Waals surface area (Å²) < 4.78 is 30.7. The van der Waals surface area contributed by atoms with Crippen molar-refractivity contribution in [2.45, 2.75) is 19.9 Å². The first-order valence-electron chi connectivity index (χ1n) is 4.43. The van der Waals surface area contributed by atoms with Crippen LogP contribution >= 0.6 is 0 Å². The van der Waals surface area contributed by atoms with Gasteiger partial charge in [-0.1, -0.05) is 0 Å². The molecule has 0 aliphatic carbocycles. The molecule has 1 N–H and O–H groups in total. The van der Waals surface area contributed by atoms with Gasteiger partial charge in [0.2, 0.25) is 0 Å². The van der Waals surface area contributed by atoms with E-state index in [2.05, 4.69) is 4.98 Å². The maximum Gasteiger partial charge on any atom is 0.342 e. The third-order valence-corrected chi connectivity index (χ3v) is 2.81. The van der Waals surface area contributed by atoms with Crippen molar-refractivity contribution in [1.29, 1.82) is 0 Å². The molecule has 0 aliphatic heterocycles. The summed E-state index contributed by atoms with van der Waals surface area (Å²) in [6.45, 7) is 1.71. The lowest BCUT2D eigenvalue weighted by Gasteiger charge is -2.01. The molecule has 0 aliphatic rings. The summed E-state index contributed by atoms with van der Waals surface area (Å²) in [5.41, 5.74) is 0. The van der Waals surface area contributed by atoms with E-state index in [1.165, 1.54) is 4.57 Å². The minimum absolute atomic E-state index is 0.0941. The molecule has 0 fully saturated rings. The molecule has 9 heteroatoms. The van der Waals surface area contributed by atoms with Crippen molar-refractivity contribution in [1.82, 2.24) is 9.55 Å². The van der Waals surface area contributed by atoms with Gasteiger partial charge in [-0.2, -0.15) is 8.42 Å². The van der Waals surface area contributed by atoms with Crippen molar-refractivity contribution in [3.8, 4) is 0 Å². The van der Waals surface area contributed by atoms with Crippen molar-refractivity contribution in [3.05, 3.63) is 22.1 Å². The first kappa shape index (κ1) is 12.6. The van der Waals surface area contributed by atoms with Crippen LogP contribution in [-0.2, 0) is 16.7 Å². The van der Waals surface area contributed by atoms with Gasteiger partial charge in [0.25, 0.3) is 10.1 Å². The maximum atomic E-state index is 10.6. The van der Waals surface area contributed by atoms with Crippen LogP contribution < -0.4 is 0 Å². The average Bonchev–Trinajstić information content (AvgIpc) is 2.46. The molecule has 1 aromatic rings. The number of aryl methyl sites for hydroxylation is 1. The van der Waals surface area contributed by atoms with Crippen molar-refractivity contribution in [3.63, 3.8) is 0 Å². The van der Waals surface area contributed by atoms with E-state index in [0.29, 0.717) is 5.82 Å². The number of nitrogens with zero attached hydrogens (tertiary/aromatic N) is 3. The first-order valence-corrected chi connectivity index (χ1v) is 6.04. The van der Waals surface area contributed by atoms with Gasteiger partial charge in [-0.3, -0.25) is 4.55 Å². The van der Waals surface area contributed by atoms with Gasteiger partial charge in [-0.15, -0.1) is 0 Å². The second kappa shape index (κ2) is 4.58. The number of hydrogen-bond acceptors (Lipinski definition) is 5. The molecule has 1 heterocycles. The number of imidazole rings is 1. The lowest BCUT2D eigenvalue weighted by Crippen LogP contribution is -2.10.